The highest BCUT2D eigenvalue weighted by atomic mass is 16.4. The molecule has 0 bridgehead atoms. The number of rotatable bonds is 6. The fraction of sp³-hybridized carbons (Fsp3) is 0.500. The van der Waals surface area contributed by atoms with Gasteiger partial charge in [-0.3, -0.25) is 9.59 Å². The fourth-order valence-electron chi connectivity index (χ4n) is 2.81. The number of para-hydroxylation sites is 1. The van der Waals surface area contributed by atoms with Crippen molar-refractivity contribution in [1.82, 2.24) is 0 Å². The number of unbranched alkanes of at least 4 members (excludes halogenated alkanes) is 2. The molecular weight excluding hydrogens is 268 g/mol. The third-order valence-corrected chi connectivity index (χ3v) is 3.94. The van der Waals surface area contributed by atoms with Gasteiger partial charge in [-0.1, -0.05) is 24.6 Å². The number of anilines is 1. The summed E-state index contributed by atoms with van der Waals surface area (Å²) in [5, 5.41) is 9.30. The highest BCUT2D eigenvalue weighted by Crippen LogP contribution is 2.35. The van der Waals surface area contributed by atoms with E-state index >= 15 is 0 Å². The first-order valence-electron chi connectivity index (χ1n) is 7.47. The van der Waals surface area contributed by atoms with Gasteiger partial charge in [0.25, 0.3) is 0 Å². The van der Waals surface area contributed by atoms with Crippen LogP contribution >= 0.6 is 0 Å². The fourth-order valence-corrected chi connectivity index (χ4v) is 2.81. The lowest BCUT2D eigenvalue weighted by molar-refractivity contribution is -0.139. The molecule has 0 saturated heterocycles. The smallest absolute Gasteiger partial charge is 0.311 e. The molecule has 1 heterocycles. The molecule has 0 spiro atoms. The lowest BCUT2D eigenvalue weighted by Gasteiger charge is -2.32. The number of benzene rings is 1. The van der Waals surface area contributed by atoms with Crippen LogP contribution in [0.1, 0.15) is 43.6 Å². The maximum absolute atomic E-state index is 12.3. The van der Waals surface area contributed by atoms with E-state index in [2.05, 4.69) is 0 Å². The standard InChI is InChI=1S/C16H22N2O3/c17-10-5-1-2-8-15(19)18-11-9-13(16(20)21)12-6-3-4-7-14(12)18/h3-4,6-7,13H,1-2,5,8-11,17H2,(H,20,21). The van der Waals surface area contributed by atoms with Gasteiger partial charge in [0.2, 0.25) is 5.91 Å². The van der Waals surface area contributed by atoms with Crippen molar-refractivity contribution in [2.45, 2.75) is 38.0 Å². The van der Waals surface area contributed by atoms with E-state index < -0.39 is 11.9 Å². The number of aliphatic carboxylic acids is 1. The number of hydrogen-bond donors (Lipinski definition) is 2. The number of carboxylic acid groups (broad SMARTS) is 1. The van der Waals surface area contributed by atoms with Crippen LogP contribution in [0.25, 0.3) is 0 Å². The zero-order valence-corrected chi connectivity index (χ0v) is 12.1. The molecule has 1 amide bonds. The zero-order valence-electron chi connectivity index (χ0n) is 12.1. The molecule has 0 saturated carbocycles. The van der Waals surface area contributed by atoms with Crippen molar-refractivity contribution in [2.75, 3.05) is 18.0 Å². The van der Waals surface area contributed by atoms with Gasteiger partial charge >= 0.3 is 5.97 Å². The van der Waals surface area contributed by atoms with E-state index in [0.717, 1.165) is 30.5 Å². The molecular formula is C16H22N2O3. The number of hydrogen-bond acceptors (Lipinski definition) is 3. The first kappa shape index (κ1) is 15.5. The van der Waals surface area contributed by atoms with Crippen LogP contribution in [0.15, 0.2) is 24.3 Å². The molecule has 2 rings (SSSR count). The minimum absolute atomic E-state index is 0.0725. The van der Waals surface area contributed by atoms with E-state index in [1.54, 1.807) is 4.90 Å². The molecule has 0 fully saturated rings. The van der Waals surface area contributed by atoms with Crippen molar-refractivity contribution in [2.24, 2.45) is 5.73 Å². The van der Waals surface area contributed by atoms with E-state index in [-0.39, 0.29) is 5.91 Å². The Hall–Kier alpha value is -1.88. The molecule has 0 aliphatic carbocycles. The second-order valence-electron chi connectivity index (χ2n) is 5.38. The Morgan fingerprint density at radius 1 is 1.24 bits per heavy atom. The van der Waals surface area contributed by atoms with Crippen molar-refractivity contribution in [3.8, 4) is 0 Å². The van der Waals surface area contributed by atoms with Crippen molar-refractivity contribution in [1.29, 1.82) is 0 Å². The Morgan fingerprint density at radius 3 is 2.71 bits per heavy atom. The molecule has 1 atom stereocenters. The number of amides is 1. The molecule has 5 nitrogen and oxygen atoms in total. The summed E-state index contributed by atoms with van der Waals surface area (Å²) < 4.78 is 0. The van der Waals surface area contributed by atoms with Crippen molar-refractivity contribution in [3.05, 3.63) is 29.8 Å². The summed E-state index contributed by atoms with van der Waals surface area (Å²) in [4.78, 5) is 25.4. The predicted octanol–water partition coefficient (Wildman–Crippen LogP) is 2.11. The largest absolute Gasteiger partial charge is 0.481 e. The molecule has 1 aromatic rings. The summed E-state index contributed by atoms with van der Waals surface area (Å²) in [6.07, 6.45) is 3.68. The lowest BCUT2D eigenvalue weighted by atomic mass is 9.89. The molecule has 0 aromatic heterocycles. The molecule has 3 N–H and O–H groups in total. The Balaban J connectivity index is 2.10. The molecule has 114 valence electrons. The summed E-state index contributed by atoms with van der Waals surface area (Å²) >= 11 is 0. The maximum atomic E-state index is 12.3. The molecule has 1 aromatic carbocycles. The van der Waals surface area contributed by atoms with Crippen LogP contribution in [-0.4, -0.2) is 30.1 Å². The van der Waals surface area contributed by atoms with E-state index in [1.807, 2.05) is 24.3 Å². The monoisotopic (exact) mass is 290 g/mol. The number of carbonyl (C=O) groups is 2. The summed E-state index contributed by atoms with van der Waals surface area (Å²) in [5.74, 6) is -1.26. The number of fused-ring (bicyclic) bond motifs is 1. The van der Waals surface area contributed by atoms with Crippen LogP contribution in [0.5, 0.6) is 0 Å². The highest BCUT2D eigenvalue weighted by Gasteiger charge is 2.31. The van der Waals surface area contributed by atoms with Crippen LogP contribution in [0.2, 0.25) is 0 Å². The van der Waals surface area contributed by atoms with Gasteiger partial charge in [-0.25, -0.2) is 0 Å². The summed E-state index contributed by atoms with van der Waals surface area (Å²) in [7, 11) is 0. The SMILES string of the molecule is NCCCCCC(=O)N1CCC(C(=O)O)c2ccccc21. The van der Waals surface area contributed by atoms with Crippen LogP contribution in [0.3, 0.4) is 0 Å². The lowest BCUT2D eigenvalue weighted by Crippen LogP contribution is -2.38. The molecule has 0 radical (unpaired) electrons. The van der Waals surface area contributed by atoms with E-state index in [0.29, 0.717) is 25.9 Å². The molecule has 1 aliphatic heterocycles. The van der Waals surface area contributed by atoms with Gasteiger partial charge in [0.1, 0.15) is 0 Å². The average Bonchev–Trinajstić information content (AvgIpc) is 2.50. The van der Waals surface area contributed by atoms with Crippen LogP contribution < -0.4 is 10.6 Å². The Labute approximate surface area is 124 Å². The second-order valence-corrected chi connectivity index (χ2v) is 5.38. The highest BCUT2D eigenvalue weighted by molar-refractivity contribution is 5.96. The van der Waals surface area contributed by atoms with Gasteiger partial charge in [-0.05, 0) is 37.4 Å². The predicted molar refractivity (Wildman–Crippen MR) is 81.3 cm³/mol. The topological polar surface area (TPSA) is 83.6 Å². The quantitative estimate of drug-likeness (QED) is 0.786. The minimum atomic E-state index is -0.822. The first-order valence-corrected chi connectivity index (χ1v) is 7.47. The summed E-state index contributed by atoms with van der Waals surface area (Å²) in [6.45, 7) is 1.13. The number of carboxylic acids is 1. The van der Waals surface area contributed by atoms with Gasteiger partial charge in [-0.2, -0.15) is 0 Å². The summed E-state index contributed by atoms with van der Waals surface area (Å²) in [6, 6.07) is 7.31. The minimum Gasteiger partial charge on any atom is -0.481 e. The van der Waals surface area contributed by atoms with Crippen LogP contribution in [-0.2, 0) is 9.59 Å². The van der Waals surface area contributed by atoms with E-state index in [1.165, 1.54) is 0 Å². The zero-order chi connectivity index (χ0) is 15.2. The van der Waals surface area contributed by atoms with Crippen molar-refractivity contribution in [3.63, 3.8) is 0 Å². The van der Waals surface area contributed by atoms with Gasteiger partial charge in [-0.15, -0.1) is 0 Å². The van der Waals surface area contributed by atoms with Gasteiger partial charge in [0, 0.05) is 18.7 Å². The van der Waals surface area contributed by atoms with E-state index in [9.17, 15) is 14.7 Å². The number of nitrogens with two attached hydrogens (primary N) is 1. The molecule has 21 heavy (non-hydrogen) atoms. The number of carbonyl (C=O) groups excluding carboxylic acids is 1. The molecule has 1 aliphatic rings. The third-order valence-electron chi connectivity index (χ3n) is 3.94. The van der Waals surface area contributed by atoms with Crippen molar-refractivity contribution < 1.29 is 14.7 Å². The van der Waals surface area contributed by atoms with Crippen LogP contribution in [0, 0.1) is 0 Å². The van der Waals surface area contributed by atoms with Gasteiger partial charge in [0.05, 0.1) is 5.92 Å². The first-order chi connectivity index (χ1) is 10.1. The normalized spacial score (nSPS) is 17.4. The third kappa shape index (κ3) is 3.61. The Morgan fingerprint density at radius 2 is 2.00 bits per heavy atom. The Kier molecular flexibility index (Phi) is 5.33. The van der Waals surface area contributed by atoms with Crippen molar-refractivity contribution >= 4 is 17.6 Å². The molecule has 1 unspecified atom stereocenters. The van der Waals surface area contributed by atoms with Crippen LogP contribution in [0.4, 0.5) is 5.69 Å². The van der Waals surface area contributed by atoms with Gasteiger partial charge in [0.15, 0.2) is 0 Å². The van der Waals surface area contributed by atoms with Gasteiger partial charge < -0.3 is 15.7 Å². The summed E-state index contributed by atoms with van der Waals surface area (Å²) in [5.41, 5.74) is 6.94. The number of nitrogens with zero attached hydrogens (tertiary/aromatic N) is 1. The maximum Gasteiger partial charge on any atom is 0.311 e. The van der Waals surface area contributed by atoms with E-state index in [4.69, 9.17) is 5.73 Å². The Bertz CT molecular complexity index is 516. The molecule has 5 heteroatoms. The average molecular weight is 290 g/mol. The second kappa shape index (κ2) is 7.22.